The molecule has 0 saturated heterocycles. The first kappa shape index (κ1) is 19.1. The predicted molar refractivity (Wildman–Crippen MR) is 102 cm³/mol. The van der Waals surface area contributed by atoms with Gasteiger partial charge in [0.05, 0.1) is 25.5 Å². The van der Waals surface area contributed by atoms with Gasteiger partial charge >= 0.3 is 0 Å². The quantitative estimate of drug-likeness (QED) is 0.810. The summed E-state index contributed by atoms with van der Waals surface area (Å²) in [4.78, 5) is 26.2. The fraction of sp³-hybridized carbons (Fsp3) is 0.200. The third-order valence-electron chi connectivity index (χ3n) is 3.64. The molecule has 0 saturated carbocycles. The van der Waals surface area contributed by atoms with Crippen molar-refractivity contribution >= 4 is 23.6 Å². The SMILES string of the molecule is COc1cc(NC(=O)C=Cc2ccccc2)c(C(=O)N(C)C)cc1OC. The van der Waals surface area contributed by atoms with Crippen LogP contribution in [0, 0.1) is 0 Å². The maximum Gasteiger partial charge on any atom is 0.255 e. The van der Waals surface area contributed by atoms with Gasteiger partial charge in [-0.2, -0.15) is 0 Å². The second-order valence-corrected chi connectivity index (χ2v) is 5.69. The van der Waals surface area contributed by atoms with Gasteiger partial charge in [0, 0.05) is 26.2 Å². The van der Waals surface area contributed by atoms with Crippen LogP contribution in [-0.2, 0) is 4.79 Å². The highest BCUT2D eigenvalue weighted by Crippen LogP contribution is 2.33. The molecule has 1 N–H and O–H groups in total. The van der Waals surface area contributed by atoms with Crippen LogP contribution < -0.4 is 14.8 Å². The molecule has 0 aliphatic rings. The second-order valence-electron chi connectivity index (χ2n) is 5.69. The molecule has 136 valence electrons. The Morgan fingerprint density at radius 3 is 2.19 bits per heavy atom. The highest BCUT2D eigenvalue weighted by Gasteiger charge is 2.19. The Kier molecular flexibility index (Phi) is 6.38. The molecule has 0 fully saturated rings. The molecule has 2 aromatic rings. The van der Waals surface area contributed by atoms with Crippen molar-refractivity contribution in [1.29, 1.82) is 0 Å². The summed E-state index contributed by atoms with van der Waals surface area (Å²) < 4.78 is 10.5. The topological polar surface area (TPSA) is 67.9 Å². The van der Waals surface area contributed by atoms with E-state index in [4.69, 9.17) is 9.47 Å². The smallest absolute Gasteiger partial charge is 0.255 e. The Bertz CT molecular complexity index is 814. The normalized spacial score (nSPS) is 10.5. The summed E-state index contributed by atoms with van der Waals surface area (Å²) in [6.07, 6.45) is 3.11. The molecular weight excluding hydrogens is 332 g/mol. The molecule has 6 heteroatoms. The van der Waals surface area contributed by atoms with Crippen molar-refractivity contribution in [2.45, 2.75) is 0 Å². The zero-order valence-electron chi connectivity index (χ0n) is 15.3. The van der Waals surface area contributed by atoms with Crippen molar-refractivity contribution in [3.05, 3.63) is 59.7 Å². The molecule has 0 aliphatic carbocycles. The van der Waals surface area contributed by atoms with Crippen molar-refractivity contribution in [3.63, 3.8) is 0 Å². The van der Waals surface area contributed by atoms with Crippen LogP contribution in [0.25, 0.3) is 6.08 Å². The van der Waals surface area contributed by atoms with Crippen molar-refractivity contribution in [1.82, 2.24) is 4.90 Å². The van der Waals surface area contributed by atoms with Crippen molar-refractivity contribution in [2.75, 3.05) is 33.6 Å². The minimum absolute atomic E-state index is 0.256. The van der Waals surface area contributed by atoms with Gasteiger partial charge in [0.15, 0.2) is 11.5 Å². The second kappa shape index (κ2) is 8.71. The predicted octanol–water partition coefficient (Wildman–Crippen LogP) is 3.06. The van der Waals surface area contributed by atoms with Gasteiger partial charge in [-0.3, -0.25) is 9.59 Å². The third kappa shape index (κ3) is 4.63. The van der Waals surface area contributed by atoms with E-state index in [0.717, 1.165) is 5.56 Å². The van der Waals surface area contributed by atoms with Crippen LogP contribution >= 0.6 is 0 Å². The van der Waals surface area contributed by atoms with Crippen LogP contribution in [0.1, 0.15) is 15.9 Å². The van der Waals surface area contributed by atoms with E-state index in [1.807, 2.05) is 30.3 Å². The third-order valence-corrected chi connectivity index (χ3v) is 3.64. The van der Waals surface area contributed by atoms with Gasteiger partial charge in [0.25, 0.3) is 5.91 Å². The Labute approximate surface area is 153 Å². The molecular formula is C20H22N2O4. The first-order valence-electron chi connectivity index (χ1n) is 7.98. The molecule has 2 amide bonds. The summed E-state index contributed by atoms with van der Waals surface area (Å²) in [5.74, 6) is 0.225. The number of anilines is 1. The standard InChI is InChI=1S/C20H22N2O4/c1-22(2)20(24)15-12-17(25-3)18(26-4)13-16(15)21-19(23)11-10-14-8-6-5-7-9-14/h5-13H,1-4H3,(H,21,23). The number of benzene rings is 2. The molecule has 0 unspecified atom stereocenters. The summed E-state index contributed by atoms with van der Waals surface area (Å²) >= 11 is 0. The van der Waals surface area contributed by atoms with Crippen LogP contribution in [0.4, 0.5) is 5.69 Å². The first-order chi connectivity index (χ1) is 12.5. The van der Waals surface area contributed by atoms with E-state index < -0.39 is 0 Å². The molecule has 0 atom stereocenters. The zero-order valence-corrected chi connectivity index (χ0v) is 15.3. The molecule has 2 aromatic carbocycles. The van der Waals surface area contributed by atoms with Gasteiger partial charge in [0.1, 0.15) is 0 Å². The van der Waals surface area contributed by atoms with Gasteiger partial charge in [-0.15, -0.1) is 0 Å². The molecule has 0 heterocycles. The van der Waals surface area contributed by atoms with Crippen LogP contribution in [0.5, 0.6) is 11.5 Å². The van der Waals surface area contributed by atoms with E-state index in [1.165, 1.54) is 25.2 Å². The van der Waals surface area contributed by atoms with Crippen LogP contribution in [0.2, 0.25) is 0 Å². The number of nitrogens with one attached hydrogen (secondary N) is 1. The monoisotopic (exact) mass is 354 g/mol. The fourth-order valence-electron chi connectivity index (χ4n) is 2.31. The number of methoxy groups -OCH3 is 2. The fourth-order valence-corrected chi connectivity index (χ4v) is 2.31. The molecule has 6 nitrogen and oxygen atoms in total. The summed E-state index contributed by atoms with van der Waals surface area (Å²) in [7, 11) is 6.26. The summed E-state index contributed by atoms with van der Waals surface area (Å²) in [6.45, 7) is 0. The van der Waals surface area contributed by atoms with Gasteiger partial charge in [-0.05, 0) is 17.7 Å². The first-order valence-corrected chi connectivity index (χ1v) is 7.98. The number of nitrogens with zero attached hydrogens (tertiary/aromatic N) is 1. The molecule has 0 aliphatic heterocycles. The number of hydrogen-bond acceptors (Lipinski definition) is 4. The van der Waals surface area contributed by atoms with Crippen molar-refractivity contribution < 1.29 is 19.1 Å². The van der Waals surface area contributed by atoms with Crippen molar-refractivity contribution in [3.8, 4) is 11.5 Å². The number of ether oxygens (including phenoxy) is 2. The Hall–Kier alpha value is -3.28. The Morgan fingerprint density at radius 1 is 1.00 bits per heavy atom. The maximum atomic E-state index is 12.5. The summed E-state index contributed by atoms with van der Waals surface area (Å²) in [6, 6.07) is 12.6. The average molecular weight is 354 g/mol. The lowest BCUT2D eigenvalue weighted by Crippen LogP contribution is -2.24. The summed E-state index contributed by atoms with van der Waals surface area (Å²) in [5, 5.41) is 2.73. The minimum Gasteiger partial charge on any atom is -0.493 e. The minimum atomic E-state index is -0.353. The van der Waals surface area contributed by atoms with Crippen LogP contribution in [0.3, 0.4) is 0 Å². The zero-order chi connectivity index (χ0) is 19.1. The van der Waals surface area contributed by atoms with E-state index in [0.29, 0.717) is 22.7 Å². The molecule has 0 aromatic heterocycles. The summed E-state index contributed by atoms with van der Waals surface area (Å²) in [5.41, 5.74) is 1.57. The van der Waals surface area contributed by atoms with Gasteiger partial charge in [-0.1, -0.05) is 30.3 Å². The molecule has 26 heavy (non-hydrogen) atoms. The van der Waals surface area contributed by atoms with Crippen LogP contribution in [-0.4, -0.2) is 45.0 Å². The van der Waals surface area contributed by atoms with Gasteiger partial charge in [-0.25, -0.2) is 0 Å². The number of carbonyl (C=O) groups excluding carboxylic acids is 2. The number of carbonyl (C=O) groups is 2. The average Bonchev–Trinajstić information content (AvgIpc) is 2.66. The van der Waals surface area contributed by atoms with Crippen molar-refractivity contribution in [2.24, 2.45) is 0 Å². The van der Waals surface area contributed by atoms with E-state index in [2.05, 4.69) is 5.32 Å². The molecule has 0 spiro atoms. The van der Waals surface area contributed by atoms with Gasteiger partial charge < -0.3 is 19.7 Å². The van der Waals surface area contributed by atoms with Gasteiger partial charge in [0.2, 0.25) is 5.91 Å². The highest BCUT2D eigenvalue weighted by atomic mass is 16.5. The Balaban J connectivity index is 2.32. The highest BCUT2D eigenvalue weighted by molar-refractivity contribution is 6.08. The van der Waals surface area contributed by atoms with E-state index >= 15 is 0 Å². The molecule has 0 radical (unpaired) electrons. The lowest BCUT2D eigenvalue weighted by molar-refractivity contribution is -0.111. The lowest BCUT2D eigenvalue weighted by Gasteiger charge is -2.17. The lowest BCUT2D eigenvalue weighted by atomic mass is 10.1. The van der Waals surface area contributed by atoms with E-state index in [-0.39, 0.29) is 11.8 Å². The molecule has 2 rings (SSSR count). The maximum absolute atomic E-state index is 12.5. The number of rotatable bonds is 6. The van der Waals surface area contributed by atoms with E-state index in [1.54, 1.807) is 32.3 Å². The van der Waals surface area contributed by atoms with Crippen LogP contribution in [0.15, 0.2) is 48.5 Å². The molecule has 0 bridgehead atoms. The van der Waals surface area contributed by atoms with E-state index in [9.17, 15) is 9.59 Å². The number of hydrogen-bond donors (Lipinski definition) is 1. The number of amides is 2. The largest absolute Gasteiger partial charge is 0.493 e. The Morgan fingerprint density at radius 2 is 1.62 bits per heavy atom.